The SMILES string of the molecule is C=CCNC(=O)CN1CCN(C(=O)[C@@H](N)C(C)(C)C)CC1. The van der Waals surface area contributed by atoms with Crippen LogP contribution in [0.1, 0.15) is 20.8 Å². The number of carbonyl (C=O) groups is 2. The standard InChI is InChI=1S/C15H28N4O2/c1-5-6-17-12(20)11-18-7-9-19(10-8-18)14(21)13(16)15(2,3)4/h5,13H,1,6-11,16H2,2-4H3,(H,17,20)/t13-/m1/s1. The van der Waals surface area contributed by atoms with E-state index in [0.717, 1.165) is 0 Å². The van der Waals surface area contributed by atoms with Gasteiger partial charge in [-0.05, 0) is 5.41 Å². The van der Waals surface area contributed by atoms with Gasteiger partial charge in [-0.2, -0.15) is 0 Å². The Bertz CT molecular complexity index is 382. The lowest BCUT2D eigenvalue weighted by atomic mass is 9.86. The van der Waals surface area contributed by atoms with Crippen LogP contribution in [0.4, 0.5) is 0 Å². The number of nitrogens with zero attached hydrogens (tertiary/aromatic N) is 2. The third-order valence-corrected chi connectivity index (χ3v) is 3.69. The van der Waals surface area contributed by atoms with Crippen LogP contribution in [-0.4, -0.2) is 66.9 Å². The minimum atomic E-state index is -0.486. The molecule has 120 valence electrons. The molecule has 0 aromatic carbocycles. The summed E-state index contributed by atoms with van der Waals surface area (Å²) in [5, 5.41) is 2.75. The third kappa shape index (κ3) is 5.47. The van der Waals surface area contributed by atoms with E-state index in [4.69, 9.17) is 5.73 Å². The van der Waals surface area contributed by atoms with Crippen LogP contribution in [0.2, 0.25) is 0 Å². The monoisotopic (exact) mass is 296 g/mol. The molecule has 3 N–H and O–H groups in total. The largest absolute Gasteiger partial charge is 0.352 e. The Hall–Kier alpha value is -1.40. The van der Waals surface area contributed by atoms with Crippen molar-refractivity contribution in [2.24, 2.45) is 11.1 Å². The molecule has 1 atom stereocenters. The molecule has 0 spiro atoms. The minimum absolute atomic E-state index is 0.00161. The maximum atomic E-state index is 12.3. The molecule has 6 nitrogen and oxygen atoms in total. The van der Waals surface area contributed by atoms with Gasteiger partial charge < -0.3 is 16.0 Å². The Balaban J connectivity index is 2.40. The Labute approximate surface area is 127 Å². The molecule has 2 amide bonds. The summed E-state index contributed by atoms with van der Waals surface area (Å²) in [4.78, 5) is 27.8. The molecule has 0 aromatic heterocycles. The van der Waals surface area contributed by atoms with E-state index in [9.17, 15) is 9.59 Å². The van der Waals surface area contributed by atoms with Gasteiger partial charge in [-0.15, -0.1) is 6.58 Å². The van der Waals surface area contributed by atoms with E-state index in [1.165, 1.54) is 0 Å². The molecular formula is C15H28N4O2. The van der Waals surface area contributed by atoms with E-state index in [0.29, 0.717) is 39.3 Å². The molecule has 0 aliphatic carbocycles. The van der Waals surface area contributed by atoms with Crippen LogP contribution >= 0.6 is 0 Å². The fourth-order valence-electron chi connectivity index (χ4n) is 2.14. The number of nitrogens with two attached hydrogens (primary N) is 1. The van der Waals surface area contributed by atoms with Gasteiger partial charge in [-0.3, -0.25) is 14.5 Å². The van der Waals surface area contributed by atoms with Crippen LogP contribution in [0.5, 0.6) is 0 Å². The minimum Gasteiger partial charge on any atom is -0.352 e. The van der Waals surface area contributed by atoms with Gasteiger partial charge >= 0.3 is 0 Å². The zero-order chi connectivity index (χ0) is 16.0. The van der Waals surface area contributed by atoms with Gasteiger partial charge in [0.05, 0.1) is 12.6 Å². The Morgan fingerprint density at radius 1 is 1.29 bits per heavy atom. The van der Waals surface area contributed by atoms with Crippen molar-refractivity contribution in [1.29, 1.82) is 0 Å². The molecule has 0 aromatic rings. The molecule has 6 heteroatoms. The van der Waals surface area contributed by atoms with E-state index < -0.39 is 6.04 Å². The summed E-state index contributed by atoms with van der Waals surface area (Å²) in [6.45, 7) is 13.0. The second-order valence-corrected chi connectivity index (χ2v) is 6.54. The number of hydrogen-bond donors (Lipinski definition) is 2. The summed E-state index contributed by atoms with van der Waals surface area (Å²) >= 11 is 0. The van der Waals surface area contributed by atoms with E-state index in [1.54, 1.807) is 11.0 Å². The Morgan fingerprint density at radius 2 is 1.86 bits per heavy atom. The fourth-order valence-corrected chi connectivity index (χ4v) is 2.14. The summed E-state index contributed by atoms with van der Waals surface area (Å²) in [6, 6.07) is -0.486. The van der Waals surface area contributed by atoms with Crippen molar-refractivity contribution >= 4 is 11.8 Å². The first-order valence-electron chi connectivity index (χ1n) is 7.40. The van der Waals surface area contributed by atoms with Crippen LogP contribution < -0.4 is 11.1 Å². The smallest absolute Gasteiger partial charge is 0.240 e. The van der Waals surface area contributed by atoms with Gasteiger partial charge in [0.25, 0.3) is 0 Å². The van der Waals surface area contributed by atoms with Crippen molar-refractivity contribution in [2.75, 3.05) is 39.3 Å². The number of carbonyl (C=O) groups excluding carboxylic acids is 2. The first-order valence-corrected chi connectivity index (χ1v) is 7.40. The van der Waals surface area contributed by atoms with E-state index in [1.807, 2.05) is 25.7 Å². The molecule has 1 fully saturated rings. The molecule has 1 rings (SSSR count). The summed E-state index contributed by atoms with van der Waals surface area (Å²) in [7, 11) is 0. The van der Waals surface area contributed by atoms with Crippen molar-refractivity contribution in [3.8, 4) is 0 Å². The van der Waals surface area contributed by atoms with Gasteiger partial charge in [0, 0.05) is 32.7 Å². The van der Waals surface area contributed by atoms with Crippen molar-refractivity contribution < 1.29 is 9.59 Å². The summed E-state index contributed by atoms with van der Waals surface area (Å²) in [5.41, 5.74) is 5.78. The van der Waals surface area contributed by atoms with E-state index >= 15 is 0 Å². The maximum absolute atomic E-state index is 12.3. The fraction of sp³-hybridized carbons (Fsp3) is 0.733. The van der Waals surface area contributed by atoms with Crippen LogP contribution in [0.25, 0.3) is 0 Å². The average Bonchev–Trinajstić information content (AvgIpc) is 2.43. The number of rotatable bonds is 5. The summed E-state index contributed by atoms with van der Waals surface area (Å²) in [5.74, 6) is -0.0145. The van der Waals surface area contributed by atoms with Crippen molar-refractivity contribution in [1.82, 2.24) is 15.1 Å². The topological polar surface area (TPSA) is 78.7 Å². The Morgan fingerprint density at radius 3 is 2.33 bits per heavy atom. The first-order chi connectivity index (χ1) is 9.75. The number of amides is 2. The van der Waals surface area contributed by atoms with Crippen LogP contribution in [-0.2, 0) is 9.59 Å². The molecule has 0 bridgehead atoms. The van der Waals surface area contributed by atoms with E-state index in [2.05, 4.69) is 11.9 Å². The predicted octanol–water partition coefficient (Wildman–Crippen LogP) is -0.194. The summed E-state index contributed by atoms with van der Waals surface area (Å²) in [6.07, 6.45) is 1.66. The summed E-state index contributed by atoms with van der Waals surface area (Å²) < 4.78 is 0. The normalized spacial score (nSPS) is 18.2. The lowest BCUT2D eigenvalue weighted by Crippen LogP contribution is -2.57. The van der Waals surface area contributed by atoms with Crippen molar-refractivity contribution in [3.63, 3.8) is 0 Å². The first kappa shape index (κ1) is 17.7. The third-order valence-electron chi connectivity index (χ3n) is 3.69. The predicted molar refractivity (Wildman–Crippen MR) is 83.7 cm³/mol. The van der Waals surface area contributed by atoms with Crippen molar-refractivity contribution in [2.45, 2.75) is 26.8 Å². The zero-order valence-electron chi connectivity index (χ0n) is 13.4. The molecule has 1 aliphatic heterocycles. The highest BCUT2D eigenvalue weighted by Crippen LogP contribution is 2.19. The highest BCUT2D eigenvalue weighted by Gasteiger charge is 2.32. The molecule has 1 heterocycles. The zero-order valence-corrected chi connectivity index (χ0v) is 13.4. The van der Waals surface area contributed by atoms with Gasteiger partial charge in [-0.1, -0.05) is 26.8 Å². The molecule has 0 radical (unpaired) electrons. The molecule has 1 aliphatic rings. The quantitative estimate of drug-likeness (QED) is 0.689. The second kappa shape index (κ2) is 7.56. The van der Waals surface area contributed by atoms with E-state index in [-0.39, 0.29) is 17.2 Å². The molecule has 21 heavy (non-hydrogen) atoms. The number of piperazine rings is 1. The number of hydrogen-bond acceptors (Lipinski definition) is 4. The molecule has 0 unspecified atom stereocenters. The average molecular weight is 296 g/mol. The second-order valence-electron chi connectivity index (χ2n) is 6.54. The van der Waals surface area contributed by atoms with Crippen molar-refractivity contribution in [3.05, 3.63) is 12.7 Å². The van der Waals surface area contributed by atoms with Crippen LogP contribution in [0.3, 0.4) is 0 Å². The van der Waals surface area contributed by atoms with Crippen LogP contribution in [0, 0.1) is 5.41 Å². The molecule has 1 saturated heterocycles. The van der Waals surface area contributed by atoms with Crippen LogP contribution in [0.15, 0.2) is 12.7 Å². The Kier molecular flexibility index (Phi) is 6.36. The lowest BCUT2D eigenvalue weighted by molar-refractivity contribution is -0.136. The van der Waals surface area contributed by atoms with Gasteiger partial charge in [0.1, 0.15) is 0 Å². The molecule has 0 saturated carbocycles. The van der Waals surface area contributed by atoms with Gasteiger partial charge in [-0.25, -0.2) is 0 Å². The lowest BCUT2D eigenvalue weighted by Gasteiger charge is -2.37. The molecular weight excluding hydrogens is 268 g/mol. The van der Waals surface area contributed by atoms with Gasteiger partial charge in [0.2, 0.25) is 11.8 Å². The maximum Gasteiger partial charge on any atom is 0.240 e. The number of nitrogens with one attached hydrogen (secondary N) is 1. The van der Waals surface area contributed by atoms with Gasteiger partial charge in [0.15, 0.2) is 0 Å². The highest BCUT2D eigenvalue weighted by atomic mass is 16.2. The highest BCUT2D eigenvalue weighted by molar-refractivity contribution is 5.82.